The summed E-state index contributed by atoms with van der Waals surface area (Å²) >= 11 is 1.71. The summed E-state index contributed by atoms with van der Waals surface area (Å²) in [6, 6.07) is 5.75. The molecule has 0 aliphatic carbocycles. The molecule has 6 nitrogen and oxygen atoms in total. The van der Waals surface area contributed by atoms with Crippen LogP contribution in [0.25, 0.3) is 11.3 Å². The lowest BCUT2D eigenvalue weighted by atomic mass is 9.97. The third-order valence-electron chi connectivity index (χ3n) is 4.65. The molecule has 0 unspecified atom stereocenters. The summed E-state index contributed by atoms with van der Waals surface area (Å²) in [5.74, 6) is 0.454. The van der Waals surface area contributed by atoms with E-state index in [1.54, 1.807) is 36.0 Å². The van der Waals surface area contributed by atoms with E-state index < -0.39 is 0 Å². The van der Waals surface area contributed by atoms with Crippen LogP contribution in [0.1, 0.15) is 39.8 Å². The van der Waals surface area contributed by atoms with E-state index in [0.717, 1.165) is 47.9 Å². The average Bonchev–Trinajstić information content (AvgIpc) is 3.18. The molecule has 0 bridgehead atoms. The number of carbonyl (C=O) groups is 1. The molecular formula is C19H19N5OS. The highest BCUT2D eigenvalue weighted by atomic mass is 32.1. The molecule has 4 heterocycles. The van der Waals surface area contributed by atoms with E-state index in [-0.39, 0.29) is 5.91 Å². The van der Waals surface area contributed by atoms with Crippen LogP contribution in [-0.2, 0) is 0 Å². The van der Waals surface area contributed by atoms with E-state index in [4.69, 9.17) is 4.98 Å². The maximum atomic E-state index is 12.6. The van der Waals surface area contributed by atoms with Crippen LogP contribution >= 0.6 is 11.3 Å². The van der Waals surface area contributed by atoms with Gasteiger partial charge in [-0.3, -0.25) is 9.78 Å². The largest absolute Gasteiger partial charge is 0.339 e. The third-order valence-corrected chi connectivity index (χ3v) is 5.66. The molecule has 0 radical (unpaired) electrons. The summed E-state index contributed by atoms with van der Waals surface area (Å²) in [5, 5.41) is 11.1. The molecule has 1 aliphatic heterocycles. The van der Waals surface area contributed by atoms with Crippen molar-refractivity contribution in [2.75, 3.05) is 13.1 Å². The van der Waals surface area contributed by atoms with Crippen LogP contribution in [0.5, 0.6) is 0 Å². The monoisotopic (exact) mass is 365 g/mol. The Labute approximate surface area is 156 Å². The van der Waals surface area contributed by atoms with Crippen LogP contribution in [0, 0.1) is 6.92 Å². The summed E-state index contributed by atoms with van der Waals surface area (Å²) in [6.45, 7) is 3.34. The molecule has 0 atom stereocenters. The van der Waals surface area contributed by atoms with E-state index in [1.165, 1.54) is 0 Å². The zero-order valence-electron chi connectivity index (χ0n) is 14.5. The Bertz CT molecular complexity index is 903. The Morgan fingerprint density at radius 3 is 2.73 bits per heavy atom. The van der Waals surface area contributed by atoms with Gasteiger partial charge in [0.2, 0.25) is 0 Å². The van der Waals surface area contributed by atoms with E-state index in [2.05, 4.69) is 20.6 Å². The van der Waals surface area contributed by atoms with Gasteiger partial charge in [0.05, 0.1) is 28.2 Å². The quantitative estimate of drug-likeness (QED) is 0.712. The van der Waals surface area contributed by atoms with Crippen molar-refractivity contribution in [3.05, 3.63) is 58.4 Å². The normalized spacial score (nSPS) is 15.2. The molecule has 0 N–H and O–H groups in total. The van der Waals surface area contributed by atoms with Crippen molar-refractivity contribution in [1.29, 1.82) is 0 Å². The Hall–Kier alpha value is -2.67. The predicted molar refractivity (Wildman–Crippen MR) is 100.0 cm³/mol. The van der Waals surface area contributed by atoms with Gasteiger partial charge in [0.1, 0.15) is 0 Å². The van der Waals surface area contributed by atoms with Crippen LogP contribution in [0.4, 0.5) is 0 Å². The van der Waals surface area contributed by atoms with Crippen LogP contribution in [0.3, 0.4) is 0 Å². The van der Waals surface area contributed by atoms with Crippen molar-refractivity contribution >= 4 is 17.2 Å². The first-order valence-corrected chi connectivity index (χ1v) is 9.53. The van der Waals surface area contributed by atoms with Crippen LogP contribution in [-0.4, -0.2) is 44.1 Å². The molecule has 0 spiro atoms. The van der Waals surface area contributed by atoms with Crippen LogP contribution in [0.2, 0.25) is 0 Å². The predicted octanol–water partition coefficient (Wildman–Crippen LogP) is 3.32. The number of aryl methyl sites for hydroxylation is 1. The Morgan fingerprint density at radius 1 is 1.23 bits per heavy atom. The highest BCUT2D eigenvalue weighted by molar-refractivity contribution is 7.10. The molecule has 132 valence electrons. The topological polar surface area (TPSA) is 71.9 Å². The van der Waals surface area contributed by atoms with Gasteiger partial charge in [-0.15, -0.1) is 11.3 Å². The number of rotatable bonds is 3. The third kappa shape index (κ3) is 3.48. The van der Waals surface area contributed by atoms with Crippen molar-refractivity contribution in [2.24, 2.45) is 0 Å². The summed E-state index contributed by atoms with van der Waals surface area (Å²) in [7, 11) is 0. The van der Waals surface area contributed by atoms with Crippen molar-refractivity contribution in [3.8, 4) is 11.3 Å². The minimum Gasteiger partial charge on any atom is -0.339 e. The second-order valence-corrected chi connectivity index (χ2v) is 7.35. The van der Waals surface area contributed by atoms with Gasteiger partial charge in [0.25, 0.3) is 5.91 Å². The molecule has 1 amide bonds. The standard InChI is InChI=1S/C19H19N5OS/c1-13-10-16(11-21-23-13)19(25)24-8-4-15(5-9-24)18-22-17(12-26-18)14-2-6-20-7-3-14/h2-3,6-7,10-12,15H,4-5,8-9H2,1H3. The number of hydrogen-bond acceptors (Lipinski definition) is 6. The van der Waals surface area contributed by atoms with Crippen molar-refractivity contribution in [2.45, 2.75) is 25.7 Å². The molecule has 1 aliphatic rings. The van der Waals surface area contributed by atoms with Gasteiger partial charge < -0.3 is 4.90 Å². The minimum atomic E-state index is 0.0399. The lowest BCUT2D eigenvalue weighted by molar-refractivity contribution is 0.0712. The van der Waals surface area contributed by atoms with Crippen molar-refractivity contribution in [3.63, 3.8) is 0 Å². The van der Waals surface area contributed by atoms with E-state index >= 15 is 0 Å². The Kier molecular flexibility index (Phi) is 4.71. The Balaban J connectivity index is 1.41. The second-order valence-electron chi connectivity index (χ2n) is 6.46. The summed E-state index contributed by atoms with van der Waals surface area (Å²) in [5.41, 5.74) is 3.47. The molecule has 7 heteroatoms. The van der Waals surface area contributed by atoms with Gasteiger partial charge in [-0.2, -0.15) is 10.2 Å². The molecule has 1 saturated heterocycles. The smallest absolute Gasteiger partial charge is 0.255 e. The van der Waals surface area contributed by atoms with E-state index in [9.17, 15) is 4.79 Å². The maximum absolute atomic E-state index is 12.6. The van der Waals surface area contributed by atoms with E-state index in [0.29, 0.717) is 11.5 Å². The van der Waals surface area contributed by atoms with Crippen molar-refractivity contribution < 1.29 is 4.79 Å². The minimum absolute atomic E-state index is 0.0399. The summed E-state index contributed by atoms with van der Waals surface area (Å²) in [6.07, 6.45) is 6.99. The number of amides is 1. The van der Waals surface area contributed by atoms with E-state index in [1.807, 2.05) is 24.0 Å². The molecule has 0 saturated carbocycles. The molecule has 3 aromatic heterocycles. The first-order chi connectivity index (χ1) is 12.7. The fourth-order valence-corrected chi connectivity index (χ4v) is 4.23. The number of nitrogens with zero attached hydrogens (tertiary/aromatic N) is 5. The van der Waals surface area contributed by atoms with Gasteiger partial charge in [0, 0.05) is 42.3 Å². The number of carbonyl (C=O) groups excluding carboxylic acids is 1. The van der Waals surface area contributed by atoms with Crippen molar-refractivity contribution in [1.82, 2.24) is 25.1 Å². The average molecular weight is 365 g/mol. The fraction of sp³-hybridized carbons (Fsp3) is 0.316. The number of aromatic nitrogens is 4. The number of likely N-dealkylation sites (tertiary alicyclic amines) is 1. The highest BCUT2D eigenvalue weighted by Gasteiger charge is 2.26. The lowest BCUT2D eigenvalue weighted by Crippen LogP contribution is -2.38. The van der Waals surface area contributed by atoms with Gasteiger partial charge in [-0.05, 0) is 38.0 Å². The molecule has 1 fully saturated rings. The fourth-order valence-electron chi connectivity index (χ4n) is 3.23. The molecule has 0 aromatic carbocycles. The second kappa shape index (κ2) is 7.29. The zero-order valence-corrected chi connectivity index (χ0v) is 15.3. The van der Waals surface area contributed by atoms with Crippen LogP contribution < -0.4 is 0 Å². The van der Waals surface area contributed by atoms with Crippen LogP contribution in [0.15, 0.2) is 42.2 Å². The van der Waals surface area contributed by atoms with Gasteiger partial charge >= 0.3 is 0 Å². The maximum Gasteiger partial charge on any atom is 0.255 e. The number of hydrogen-bond donors (Lipinski definition) is 0. The number of pyridine rings is 1. The zero-order chi connectivity index (χ0) is 17.9. The number of thiazole rings is 1. The van der Waals surface area contributed by atoms with Gasteiger partial charge in [-0.1, -0.05) is 0 Å². The summed E-state index contributed by atoms with van der Waals surface area (Å²) < 4.78 is 0. The van der Waals surface area contributed by atoms with Gasteiger partial charge in [0.15, 0.2) is 0 Å². The molecule has 26 heavy (non-hydrogen) atoms. The number of piperidine rings is 1. The van der Waals surface area contributed by atoms with Gasteiger partial charge in [-0.25, -0.2) is 4.98 Å². The summed E-state index contributed by atoms with van der Waals surface area (Å²) in [4.78, 5) is 23.4. The first kappa shape index (κ1) is 16.8. The molecule has 4 rings (SSSR count). The SMILES string of the molecule is Cc1cc(C(=O)N2CCC(c3nc(-c4ccncc4)cs3)CC2)cnn1. The highest BCUT2D eigenvalue weighted by Crippen LogP contribution is 2.33. The molecular weight excluding hydrogens is 346 g/mol. The Morgan fingerprint density at radius 2 is 2.00 bits per heavy atom. The lowest BCUT2D eigenvalue weighted by Gasteiger charge is -2.31. The molecule has 3 aromatic rings. The first-order valence-electron chi connectivity index (χ1n) is 8.65.